The first kappa shape index (κ1) is 19.7. The molecule has 0 N–H and O–H groups in total. The van der Waals surface area contributed by atoms with Crippen molar-refractivity contribution < 1.29 is 27.8 Å². The number of benzene rings is 2. The van der Waals surface area contributed by atoms with Gasteiger partial charge in [0, 0.05) is 5.56 Å². The van der Waals surface area contributed by atoms with Crippen LogP contribution in [0, 0.1) is 13.8 Å². The highest BCUT2D eigenvalue weighted by Gasteiger charge is 2.18. The summed E-state index contributed by atoms with van der Waals surface area (Å²) in [4.78, 5) is 11.4. The molecule has 4 nitrogen and oxygen atoms in total. The Morgan fingerprint density at radius 1 is 1.12 bits per heavy atom. The molecule has 2 aromatic carbocycles. The third-order valence-electron chi connectivity index (χ3n) is 4.20. The Bertz CT molecular complexity index is 788. The highest BCUT2D eigenvalue weighted by molar-refractivity contribution is 5.64. The van der Waals surface area contributed by atoms with Crippen LogP contribution in [0.4, 0.5) is 13.6 Å². The molecule has 6 heteroatoms. The van der Waals surface area contributed by atoms with E-state index in [2.05, 4.69) is 4.74 Å². The van der Waals surface area contributed by atoms with Crippen molar-refractivity contribution in [3.8, 4) is 11.5 Å². The van der Waals surface area contributed by atoms with E-state index in [4.69, 9.17) is 9.47 Å². The summed E-state index contributed by atoms with van der Waals surface area (Å²) in [5.41, 5.74) is 3.00. The van der Waals surface area contributed by atoms with E-state index in [1.54, 1.807) is 25.1 Å². The molecule has 0 amide bonds. The molecule has 0 aliphatic rings. The third-order valence-corrected chi connectivity index (χ3v) is 4.20. The number of methoxy groups -OCH3 is 1. The van der Waals surface area contributed by atoms with Crippen molar-refractivity contribution in [3.05, 3.63) is 58.1 Å². The largest absolute Gasteiger partial charge is 0.513 e. The van der Waals surface area contributed by atoms with Gasteiger partial charge in [-0.05, 0) is 55.2 Å². The first-order chi connectivity index (χ1) is 12.4. The molecule has 0 aliphatic carbocycles. The molecule has 140 valence electrons. The molecule has 0 saturated carbocycles. The van der Waals surface area contributed by atoms with Gasteiger partial charge < -0.3 is 14.2 Å². The van der Waals surface area contributed by atoms with Crippen LogP contribution in [0.2, 0.25) is 0 Å². The van der Waals surface area contributed by atoms with Gasteiger partial charge in [0.2, 0.25) is 0 Å². The van der Waals surface area contributed by atoms with Crippen LogP contribution in [0.15, 0.2) is 30.3 Å². The molecule has 26 heavy (non-hydrogen) atoms. The van der Waals surface area contributed by atoms with E-state index in [-0.39, 0.29) is 17.9 Å². The van der Waals surface area contributed by atoms with Gasteiger partial charge in [-0.25, -0.2) is 13.6 Å². The van der Waals surface area contributed by atoms with Crippen LogP contribution >= 0.6 is 0 Å². The summed E-state index contributed by atoms with van der Waals surface area (Å²) < 4.78 is 42.1. The number of aryl methyl sites for hydroxylation is 3. The molecule has 0 heterocycles. The summed E-state index contributed by atoms with van der Waals surface area (Å²) in [5.74, 6) is 0.414. The fraction of sp³-hybridized carbons (Fsp3) is 0.350. The molecule has 0 bridgehead atoms. The third kappa shape index (κ3) is 4.50. The fourth-order valence-corrected chi connectivity index (χ4v) is 2.59. The zero-order valence-electron chi connectivity index (χ0n) is 15.3. The molecule has 2 rings (SSSR count). The lowest BCUT2D eigenvalue weighted by Gasteiger charge is -2.17. The van der Waals surface area contributed by atoms with Gasteiger partial charge in [-0.1, -0.05) is 19.1 Å². The van der Waals surface area contributed by atoms with E-state index in [1.807, 2.05) is 19.9 Å². The molecule has 0 spiro atoms. The van der Waals surface area contributed by atoms with Gasteiger partial charge in [0.15, 0.2) is 0 Å². The smallest absolute Gasteiger partial charge is 0.488 e. The molecule has 0 aliphatic heterocycles. The minimum absolute atomic E-state index is 0.00143. The Morgan fingerprint density at radius 3 is 2.42 bits per heavy atom. The molecule has 0 unspecified atom stereocenters. The van der Waals surface area contributed by atoms with Crippen molar-refractivity contribution in [2.24, 2.45) is 0 Å². The van der Waals surface area contributed by atoms with Crippen molar-refractivity contribution in [3.63, 3.8) is 0 Å². The SMILES string of the molecule is CCc1cccc(OC(=O)OC)c1COc1cc(C)c(C)cc1C(F)F. The Morgan fingerprint density at radius 2 is 1.81 bits per heavy atom. The summed E-state index contributed by atoms with van der Waals surface area (Å²) in [6.07, 6.45) is -2.82. The number of halogens is 2. The van der Waals surface area contributed by atoms with Gasteiger partial charge in [0.05, 0.1) is 12.7 Å². The second-order valence-electron chi connectivity index (χ2n) is 5.87. The molecule has 0 radical (unpaired) electrons. The van der Waals surface area contributed by atoms with Crippen LogP contribution in [0.3, 0.4) is 0 Å². The Balaban J connectivity index is 2.35. The van der Waals surface area contributed by atoms with E-state index in [0.717, 1.165) is 16.7 Å². The molecule has 0 atom stereocenters. The lowest BCUT2D eigenvalue weighted by molar-refractivity contribution is 0.120. The van der Waals surface area contributed by atoms with Crippen molar-refractivity contribution >= 4 is 6.16 Å². The maximum atomic E-state index is 13.3. The summed E-state index contributed by atoms with van der Waals surface area (Å²) in [6.45, 7) is 5.56. The monoisotopic (exact) mass is 364 g/mol. The maximum Gasteiger partial charge on any atom is 0.513 e. The van der Waals surface area contributed by atoms with Gasteiger partial charge in [-0.2, -0.15) is 0 Å². The number of ether oxygens (including phenoxy) is 3. The van der Waals surface area contributed by atoms with E-state index in [9.17, 15) is 13.6 Å². The standard InChI is InChI=1S/C20H22F2O4/c1-5-14-7-6-8-17(26-20(23)24-4)16(14)11-25-18-10-13(3)12(2)9-15(18)19(21)22/h6-10,19H,5,11H2,1-4H3. The number of hydrogen-bond acceptors (Lipinski definition) is 4. The van der Waals surface area contributed by atoms with Gasteiger partial charge in [0.1, 0.15) is 18.1 Å². The topological polar surface area (TPSA) is 44.8 Å². The lowest BCUT2D eigenvalue weighted by atomic mass is 10.0. The molecule has 0 aromatic heterocycles. The van der Waals surface area contributed by atoms with E-state index in [0.29, 0.717) is 17.7 Å². The second kappa shape index (κ2) is 8.65. The number of rotatable bonds is 6. The first-order valence-electron chi connectivity index (χ1n) is 8.26. The normalized spacial score (nSPS) is 10.7. The zero-order chi connectivity index (χ0) is 19.3. The summed E-state index contributed by atoms with van der Waals surface area (Å²) in [7, 11) is 1.21. The molecule has 2 aromatic rings. The summed E-state index contributed by atoms with van der Waals surface area (Å²) in [6, 6.07) is 8.28. The fourth-order valence-electron chi connectivity index (χ4n) is 2.59. The second-order valence-corrected chi connectivity index (χ2v) is 5.87. The van der Waals surface area contributed by atoms with Gasteiger partial charge in [-0.3, -0.25) is 0 Å². The van der Waals surface area contributed by atoms with Crippen LogP contribution in [-0.4, -0.2) is 13.3 Å². The highest BCUT2D eigenvalue weighted by atomic mass is 19.3. The lowest BCUT2D eigenvalue weighted by Crippen LogP contribution is -2.11. The van der Waals surface area contributed by atoms with Crippen LogP contribution in [0.1, 0.15) is 41.2 Å². The average Bonchev–Trinajstić information content (AvgIpc) is 2.62. The summed E-state index contributed by atoms with van der Waals surface area (Å²) >= 11 is 0. The minimum atomic E-state index is -2.64. The van der Waals surface area contributed by atoms with Crippen molar-refractivity contribution in [2.75, 3.05) is 7.11 Å². The molecule has 0 saturated heterocycles. The van der Waals surface area contributed by atoms with E-state index < -0.39 is 12.6 Å². The van der Waals surface area contributed by atoms with Crippen LogP contribution < -0.4 is 9.47 Å². The minimum Gasteiger partial charge on any atom is -0.488 e. The zero-order valence-corrected chi connectivity index (χ0v) is 15.3. The van der Waals surface area contributed by atoms with Crippen molar-refractivity contribution in [2.45, 2.75) is 40.2 Å². The van der Waals surface area contributed by atoms with Gasteiger partial charge in [-0.15, -0.1) is 0 Å². The van der Waals surface area contributed by atoms with Gasteiger partial charge in [0.25, 0.3) is 6.43 Å². The number of hydrogen-bond donors (Lipinski definition) is 0. The Kier molecular flexibility index (Phi) is 6.55. The average molecular weight is 364 g/mol. The summed E-state index contributed by atoms with van der Waals surface area (Å²) in [5, 5.41) is 0. The maximum absolute atomic E-state index is 13.3. The van der Waals surface area contributed by atoms with E-state index >= 15 is 0 Å². The molecular formula is C20H22F2O4. The predicted molar refractivity (Wildman–Crippen MR) is 94.1 cm³/mol. The molecule has 0 fully saturated rings. The van der Waals surface area contributed by atoms with Crippen LogP contribution in [-0.2, 0) is 17.8 Å². The van der Waals surface area contributed by atoms with Crippen LogP contribution in [0.5, 0.6) is 11.5 Å². The Hall–Kier alpha value is -2.63. The van der Waals surface area contributed by atoms with Gasteiger partial charge >= 0.3 is 6.16 Å². The number of carbonyl (C=O) groups excluding carboxylic acids is 1. The van der Waals surface area contributed by atoms with Crippen molar-refractivity contribution in [1.82, 2.24) is 0 Å². The highest BCUT2D eigenvalue weighted by Crippen LogP contribution is 2.33. The van der Waals surface area contributed by atoms with Crippen molar-refractivity contribution in [1.29, 1.82) is 0 Å². The first-order valence-corrected chi connectivity index (χ1v) is 8.26. The van der Waals surface area contributed by atoms with Crippen LogP contribution in [0.25, 0.3) is 0 Å². The number of alkyl halides is 2. The number of carbonyl (C=O) groups is 1. The quantitative estimate of drug-likeness (QED) is 0.499. The Labute approximate surface area is 151 Å². The molecular weight excluding hydrogens is 342 g/mol. The predicted octanol–water partition coefficient (Wildman–Crippen LogP) is 5.53. The van der Waals surface area contributed by atoms with E-state index in [1.165, 1.54) is 13.2 Å².